The summed E-state index contributed by atoms with van der Waals surface area (Å²) < 4.78 is 30.0. The quantitative estimate of drug-likeness (QED) is 0.771. The number of hydrogen-bond donors (Lipinski definition) is 2. The number of carbonyl (C=O) groups excluding carboxylic acids is 1. The van der Waals surface area contributed by atoms with Gasteiger partial charge in [-0.3, -0.25) is 9.59 Å². The van der Waals surface area contributed by atoms with Crippen LogP contribution in [0.2, 0.25) is 0 Å². The molecule has 0 bridgehead atoms. The van der Waals surface area contributed by atoms with Gasteiger partial charge in [-0.05, 0) is 33.0 Å². The molecule has 0 aliphatic rings. The zero-order valence-corrected chi connectivity index (χ0v) is 12.1. The highest BCUT2D eigenvalue weighted by Crippen LogP contribution is 2.16. The monoisotopic (exact) mass is 304 g/mol. The van der Waals surface area contributed by atoms with Crippen LogP contribution in [0.15, 0.2) is 21.6 Å². The zero-order chi connectivity index (χ0) is 15.5. The Bertz CT molecular complexity index is 604. The van der Waals surface area contributed by atoms with Crippen LogP contribution in [0.5, 0.6) is 0 Å². The van der Waals surface area contributed by atoms with Gasteiger partial charge in [-0.15, -0.1) is 0 Å². The fourth-order valence-electron chi connectivity index (χ4n) is 1.46. The second-order valence-corrected chi connectivity index (χ2v) is 6.06. The van der Waals surface area contributed by atoms with E-state index < -0.39 is 33.5 Å². The minimum Gasteiger partial charge on any atom is -0.480 e. The number of rotatable bonds is 6. The first-order valence-corrected chi connectivity index (χ1v) is 7.23. The Kier molecular flexibility index (Phi) is 4.90. The van der Waals surface area contributed by atoms with Crippen molar-refractivity contribution in [1.29, 1.82) is 0 Å². The first-order chi connectivity index (χ1) is 9.19. The highest BCUT2D eigenvalue weighted by atomic mass is 32.2. The van der Waals surface area contributed by atoms with Crippen LogP contribution < -0.4 is 4.72 Å². The second-order valence-electron chi connectivity index (χ2n) is 4.25. The topological polar surface area (TPSA) is 117 Å². The SMILES string of the molecule is CNS(=O)(=O)c1ccc(C(=O)N(CC(=O)O)C(C)C)o1. The van der Waals surface area contributed by atoms with Gasteiger partial charge in [0.25, 0.3) is 15.9 Å². The third kappa shape index (κ3) is 3.58. The highest BCUT2D eigenvalue weighted by molar-refractivity contribution is 7.89. The van der Waals surface area contributed by atoms with Gasteiger partial charge in [0.15, 0.2) is 5.76 Å². The third-order valence-electron chi connectivity index (χ3n) is 2.52. The molecule has 8 nitrogen and oxygen atoms in total. The molecule has 0 fully saturated rings. The van der Waals surface area contributed by atoms with Crippen molar-refractivity contribution in [3.63, 3.8) is 0 Å². The molecule has 1 heterocycles. The number of carbonyl (C=O) groups is 2. The molecule has 0 saturated carbocycles. The summed E-state index contributed by atoms with van der Waals surface area (Å²) in [4.78, 5) is 23.9. The number of furan rings is 1. The molecule has 1 aromatic rings. The van der Waals surface area contributed by atoms with Crippen LogP contribution in [-0.2, 0) is 14.8 Å². The summed E-state index contributed by atoms with van der Waals surface area (Å²) in [7, 11) is -2.57. The lowest BCUT2D eigenvalue weighted by Gasteiger charge is -2.23. The van der Waals surface area contributed by atoms with Crippen LogP contribution >= 0.6 is 0 Å². The predicted octanol–water partition coefficient (Wildman–Crippen LogP) is 0.123. The molecule has 0 spiro atoms. The Hall–Kier alpha value is -1.87. The molecule has 0 aliphatic carbocycles. The van der Waals surface area contributed by atoms with E-state index in [0.717, 1.165) is 11.0 Å². The summed E-state index contributed by atoms with van der Waals surface area (Å²) in [5, 5.41) is 8.37. The van der Waals surface area contributed by atoms with Gasteiger partial charge in [0.2, 0.25) is 5.09 Å². The number of carboxylic acid groups (broad SMARTS) is 1. The molecule has 1 rings (SSSR count). The lowest BCUT2D eigenvalue weighted by molar-refractivity contribution is -0.138. The average molecular weight is 304 g/mol. The first-order valence-electron chi connectivity index (χ1n) is 5.75. The van der Waals surface area contributed by atoms with Gasteiger partial charge >= 0.3 is 5.97 Å². The van der Waals surface area contributed by atoms with E-state index in [2.05, 4.69) is 4.72 Å². The van der Waals surface area contributed by atoms with Crippen molar-refractivity contribution in [3.05, 3.63) is 17.9 Å². The Labute approximate surface area is 116 Å². The summed E-state index contributed by atoms with van der Waals surface area (Å²) in [6, 6.07) is 1.97. The summed E-state index contributed by atoms with van der Waals surface area (Å²) in [6.07, 6.45) is 0. The summed E-state index contributed by atoms with van der Waals surface area (Å²) in [6.45, 7) is 2.80. The van der Waals surface area contributed by atoms with Gasteiger partial charge in [-0.2, -0.15) is 0 Å². The number of aliphatic carboxylic acids is 1. The number of carboxylic acids is 1. The predicted molar refractivity (Wildman–Crippen MR) is 68.8 cm³/mol. The molecule has 9 heteroatoms. The fraction of sp³-hybridized carbons (Fsp3) is 0.455. The van der Waals surface area contributed by atoms with Gasteiger partial charge in [0, 0.05) is 6.04 Å². The lowest BCUT2D eigenvalue weighted by Crippen LogP contribution is -2.40. The number of sulfonamides is 1. The van der Waals surface area contributed by atoms with Crippen LogP contribution in [0.4, 0.5) is 0 Å². The van der Waals surface area contributed by atoms with Gasteiger partial charge in [0.1, 0.15) is 6.54 Å². The van der Waals surface area contributed by atoms with E-state index in [1.54, 1.807) is 13.8 Å². The van der Waals surface area contributed by atoms with Crippen molar-refractivity contribution >= 4 is 21.9 Å². The molecule has 0 unspecified atom stereocenters. The largest absolute Gasteiger partial charge is 0.480 e. The van der Waals surface area contributed by atoms with E-state index >= 15 is 0 Å². The van der Waals surface area contributed by atoms with Crippen LogP contribution in [0, 0.1) is 0 Å². The summed E-state index contributed by atoms with van der Waals surface area (Å²) >= 11 is 0. The molecule has 0 saturated heterocycles. The molecule has 0 aromatic carbocycles. The molecule has 20 heavy (non-hydrogen) atoms. The van der Waals surface area contributed by atoms with Crippen molar-refractivity contribution < 1.29 is 27.5 Å². The standard InChI is InChI=1S/C11H16N2O6S/c1-7(2)13(6-9(14)15)11(16)8-4-5-10(19-8)20(17,18)12-3/h4-5,7,12H,6H2,1-3H3,(H,14,15). The second kappa shape index (κ2) is 6.06. The maximum atomic E-state index is 12.1. The highest BCUT2D eigenvalue weighted by Gasteiger charge is 2.26. The Morgan fingerprint density at radius 3 is 2.45 bits per heavy atom. The molecular weight excluding hydrogens is 288 g/mol. The van der Waals surface area contributed by atoms with E-state index in [4.69, 9.17) is 9.52 Å². The van der Waals surface area contributed by atoms with Crippen molar-refractivity contribution in [3.8, 4) is 0 Å². The summed E-state index contributed by atoms with van der Waals surface area (Å²) in [5.74, 6) is -2.07. The summed E-state index contributed by atoms with van der Waals surface area (Å²) in [5.41, 5.74) is 0. The molecule has 0 aliphatic heterocycles. The van der Waals surface area contributed by atoms with Crippen molar-refractivity contribution in [2.24, 2.45) is 0 Å². The van der Waals surface area contributed by atoms with Crippen LogP contribution in [0.25, 0.3) is 0 Å². The normalized spacial score (nSPS) is 11.6. The maximum absolute atomic E-state index is 12.1. The minimum atomic E-state index is -3.78. The fourth-order valence-corrected chi connectivity index (χ4v) is 2.10. The number of nitrogens with zero attached hydrogens (tertiary/aromatic N) is 1. The number of hydrogen-bond acceptors (Lipinski definition) is 5. The molecule has 0 radical (unpaired) electrons. The minimum absolute atomic E-state index is 0.228. The Balaban J connectivity index is 3.05. The van der Waals surface area contributed by atoms with E-state index in [1.807, 2.05) is 0 Å². The molecule has 1 amide bonds. The average Bonchev–Trinajstić information content (AvgIpc) is 2.84. The number of nitrogens with one attached hydrogen (secondary N) is 1. The Morgan fingerprint density at radius 2 is 2.00 bits per heavy atom. The molecular formula is C11H16N2O6S. The maximum Gasteiger partial charge on any atom is 0.323 e. The lowest BCUT2D eigenvalue weighted by atomic mass is 10.3. The van der Waals surface area contributed by atoms with Crippen molar-refractivity contribution in [2.45, 2.75) is 25.0 Å². The third-order valence-corrected chi connectivity index (χ3v) is 3.80. The van der Waals surface area contributed by atoms with E-state index in [0.29, 0.717) is 0 Å². The van der Waals surface area contributed by atoms with Gasteiger partial charge < -0.3 is 14.4 Å². The van der Waals surface area contributed by atoms with Gasteiger partial charge in [-0.25, -0.2) is 13.1 Å². The molecule has 1 aromatic heterocycles. The van der Waals surface area contributed by atoms with E-state index in [9.17, 15) is 18.0 Å². The smallest absolute Gasteiger partial charge is 0.323 e. The Morgan fingerprint density at radius 1 is 1.40 bits per heavy atom. The van der Waals surface area contributed by atoms with Crippen LogP contribution in [0.3, 0.4) is 0 Å². The van der Waals surface area contributed by atoms with E-state index in [1.165, 1.54) is 13.1 Å². The van der Waals surface area contributed by atoms with Crippen molar-refractivity contribution in [1.82, 2.24) is 9.62 Å². The zero-order valence-electron chi connectivity index (χ0n) is 11.3. The van der Waals surface area contributed by atoms with Crippen LogP contribution in [-0.4, -0.2) is 49.9 Å². The molecule has 0 atom stereocenters. The van der Waals surface area contributed by atoms with Gasteiger partial charge in [0.05, 0.1) is 0 Å². The number of amides is 1. The molecule has 2 N–H and O–H groups in total. The molecule has 112 valence electrons. The van der Waals surface area contributed by atoms with Gasteiger partial charge in [-0.1, -0.05) is 0 Å². The van der Waals surface area contributed by atoms with Crippen LogP contribution in [0.1, 0.15) is 24.4 Å². The van der Waals surface area contributed by atoms with E-state index in [-0.39, 0.29) is 11.8 Å². The van der Waals surface area contributed by atoms with Crippen molar-refractivity contribution in [2.75, 3.05) is 13.6 Å². The first kappa shape index (κ1) is 16.2.